The zero-order valence-electron chi connectivity index (χ0n) is 16.0. The van der Waals surface area contributed by atoms with Crippen LogP contribution in [0.4, 0.5) is 13.9 Å². The number of hydrogen-bond acceptors (Lipinski definition) is 6. The number of carbonyl (C=O) groups is 1. The first-order valence-corrected chi connectivity index (χ1v) is 12.2. The highest BCUT2D eigenvalue weighted by atomic mass is 32.2. The average Bonchev–Trinajstić information content (AvgIpc) is 3.11. The second-order valence-electron chi connectivity index (χ2n) is 7.43. The number of sulfonamides is 1. The third-order valence-corrected chi connectivity index (χ3v) is 7.78. The Kier molecular flexibility index (Phi) is 5.47. The Bertz CT molecular complexity index is 1040. The first-order valence-electron chi connectivity index (χ1n) is 9.50. The van der Waals surface area contributed by atoms with Crippen molar-refractivity contribution in [3.8, 4) is 0 Å². The molecule has 2 aliphatic heterocycles. The number of piperidine rings is 1. The molecule has 0 spiro atoms. The van der Waals surface area contributed by atoms with Gasteiger partial charge in [0.2, 0.25) is 15.9 Å². The molecule has 0 bridgehead atoms. The van der Waals surface area contributed by atoms with Gasteiger partial charge in [-0.15, -0.1) is 0 Å². The highest BCUT2D eigenvalue weighted by molar-refractivity contribution is 7.88. The number of carbonyl (C=O) groups excluding carboxylic acids is 1. The van der Waals surface area contributed by atoms with Crippen molar-refractivity contribution in [3.63, 3.8) is 0 Å². The monoisotopic (exact) mass is 444 g/mol. The van der Waals surface area contributed by atoms with Crippen LogP contribution in [0.3, 0.4) is 0 Å². The highest BCUT2D eigenvalue weighted by Gasteiger charge is 2.37. The van der Waals surface area contributed by atoms with Crippen molar-refractivity contribution in [3.05, 3.63) is 23.8 Å². The summed E-state index contributed by atoms with van der Waals surface area (Å²) in [4.78, 5) is 20.9. The lowest BCUT2D eigenvalue weighted by atomic mass is 10.0. The quantitative estimate of drug-likeness (QED) is 0.724. The van der Waals surface area contributed by atoms with Crippen molar-refractivity contribution in [2.45, 2.75) is 25.3 Å². The third kappa shape index (κ3) is 4.08. The third-order valence-electron chi connectivity index (χ3n) is 5.43. The molecule has 2 aliphatic rings. The number of fused-ring (bicyclic) bond motifs is 1. The molecule has 2 aromatic rings. The van der Waals surface area contributed by atoms with Gasteiger partial charge in [0.25, 0.3) is 0 Å². The normalized spacial score (nSPS) is 21.7. The molecule has 158 valence electrons. The van der Waals surface area contributed by atoms with Crippen LogP contribution < -0.4 is 4.90 Å². The molecule has 7 nitrogen and oxygen atoms in total. The van der Waals surface area contributed by atoms with E-state index in [0.29, 0.717) is 49.0 Å². The van der Waals surface area contributed by atoms with Crippen LogP contribution in [0.2, 0.25) is 0 Å². The molecule has 0 saturated carbocycles. The summed E-state index contributed by atoms with van der Waals surface area (Å²) in [6, 6.07) is 1.45. The summed E-state index contributed by atoms with van der Waals surface area (Å²) in [5, 5.41) is 0.590. The average molecular weight is 445 g/mol. The number of amides is 1. The number of thiazole rings is 1. The second kappa shape index (κ2) is 7.77. The summed E-state index contributed by atoms with van der Waals surface area (Å²) >= 11 is 1.22. The van der Waals surface area contributed by atoms with Crippen LogP contribution in [-0.4, -0.2) is 73.5 Å². The number of halogens is 2. The lowest BCUT2D eigenvalue weighted by Crippen LogP contribution is -2.57. The smallest absolute Gasteiger partial charge is 0.241 e. The molecule has 1 aromatic heterocycles. The van der Waals surface area contributed by atoms with Gasteiger partial charge in [0.05, 0.1) is 11.0 Å². The van der Waals surface area contributed by atoms with Crippen molar-refractivity contribution >= 4 is 42.6 Å². The molecule has 0 N–H and O–H groups in total. The fourth-order valence-electron chi connectivity index (χ4n) is 3.96. The van der Waals surface area contributed by atoms with Gasteiger partial charge >= 0.3 is 0 Å². The molecule has 3 heterocycles. The van der Waals surface area contributed by atoms with Gasteiger partial charge in [-0.1, -0.05) is 17.8 Å². The maximum absolute atomic E-state index is 13.9. The van der Waals surface area contributed by atoms with Gasteiger partial charge in [0.15, 0.2) is 10.9 Å². The van der Waals surface area contributed by atoms with E-state index in [9.17, 15) is 22.0 Å². The Balaban J connectivity index is 1.45. The van der Waals surface area contributed by atoms with Gasteiger partial charge in [0, 0.05) is 38.8 Å². The lowest BCUT2D eigenvalue weighted by Gasteiger charge is -2.39. The van der Waals surface area contributed by atoms with Crippen molar-refractivity contribution < 1.29 is 22.0 Å². The highest BCUT2D eigenvalue weighted by Crippen LogP contribution is 2.32. The standard InChI is InChI=1S/C18H22F2N4O3S2/c1-29(26,27)24-5-3-2-4-14(24)17(25)22-6-8-23(9-7-22)18-21-16-13(20)10-12(19)11-15(16)28-18/h10-11,14H,2-9H2,1H3. The van der Waals surface area contributed by atoms with E-state index in [-0.39, 0.29) is 11.4 Å². The topological polar surface area (TPSA) is 73.8 Å². The number of aromatic nitrogens is 1. The summed E-state index contributed by atoms with van der Waals surface area (Å²) in [6.07, 6.45) is 3.27. The molecular weight excluding hydrogens is 422 g/mol. The van der Waals surface area contributed by atoms with Gasteiger partial charge < -0.3 is 9.80 Å². The van der Waals surface area contributed by atoms with Gasteiger partial charge in [-0.05, 0) is 18.9 Å². The first kappa shape index (κ1) is 20.4. The maximum Gasteiger partial charge on any atom is 0.241 e. The van der Waals surface area contributed by atoms with E-state index in [1.165, 1.54) is 21.7 Å². The molecule has 1 aromatic carbocycles. The molecule has 0 radical (unpaired) electrons. The van der Waals surface area contributed by atoms with Gasteiger partial charge in [-0.3, -0.25) is 4.79 Å². The molecular formula is C18H22F2N4O3S2. The Morgan fingerprint density at radius 2 is 1.86 bits per heavy atom. The maximum atomic E-state index is 13.9. The molecule has 11 heteroatoms. The van der Waals surface area contributed by atoms with Crippen LogP contribution in [0, 0.1) is 11.6 Å². The van der Waals surface area contributed by atoms with Crippen LogP contribution >= 0.6 is 11.3 Å². The number of benzene rings is 1. The Morgan fingerprint density at radius 1 is 1.14 bits per heavy atom. The Labute approximate surface area is 172 Å². The van der Waals surface area contributed by atoms with Crippen LogP contribution in [0.1, 0.15) is 19.3 Å². The summed E-state index contributed by atoms with van der Waals surface area (Å²) in [5.74, 6) is -1.48. The number of nitrogens with zero attached hydrogens (tertiary/aromatic N) is 4. The van der Waals surface area contributed by atoms with Crippen molar-refractivity contribution in [2.75, 3.05) is 43.9 Å². The van der Waals surface area contributed by atoms with Gasteiger partial charge in [0.1, 0.15) is 17.4 Å². The van der Waals surface area contributed by atoms with E-state index in [1.54, 1.807) is 4.90 Å². The van der Waals surface area contributed by atoms with Gasteiger partial charge in [-0.2, -0.15) is 4.31 Å². The summed E-state index contributed by atoms with van der Waals surface area (Å²) in [6.45, 7) is 2.24. The Morgan fingerprint density at radius 3 is 2.55 bits per heavy atom. The van der Waals surface area contributed by atoms with Crippen molar-refractivity contribution in [2.24, 2.45) is 0 Å². The predicted octanol–water partition coefficient (Wildman–Crippen LogP) is 2.04. The molecule has 1 atom stereocenters. The number of piperazine rings is 1. The van der Waals surface area contributed by atoms with Crippen LogP contribution in [-0.2, 0) is 14.8 Å². The molecule has 1 unspecified atom stereocenters. The van der Waals surface area contributed by atoms with E-state index in [1.807, 2.05) is 4.90 Å². The minimum atomic E-state index is -3.43. The van der Waals surface area contributed by atoms with E-state index in [4.69, 9.17) is 0 Å². The van der Waals surface area contributed by atoms with E-state index in [0.717, 1.165) is 25.2 Å². The summed E-state index contributed by atoms with van der Waals surface area (Å²) in [7, 11) is -3.43. The summed E-state index contributed by atoms with van der Waals surface area (Å²) in [5.41, 5.74) is 0.149. The lowest BCUT2D eigenvalue weighted by molar-refractivity contribution is -0.136. The van der Waals surface area contributed by atoms with Gasteiger partial charge in [-0.25, -0.2) is 22.2 Å². The second-order valence-corrected chi connectivity index (χ2v) is 10.4. The molecule has 0 aliphatic carbocycles. The van der Waals surface area contributed by atoms with Crippen molar-refractivity contribution in [1.82, 2.24) is 14.2 Å². The largest absolute Gasteiger partial charge is 0.345 e. The van der Waals surface area contributed by atoms with E-state index >= 15 is 0 Å². The fourth-order valence-corrected chi connectivity index (χ4v) is 6.13. The molecule has 4 rings (SSSR count). The molecule has 2 saturated heterocycles. The Hall–Kier alpha value is -1.85. The molecule has 1 amide bonds. The summed E-state index contributed by atoms with van der Waals surface area (Å²) < 4.78 is 53.2. The number of hydrogen-bond donors (Lipinski definition) is 0. The SMILES string of the molecule is CS(=O)(=O)N1CCCCC1C(=O)N1CCN(c2nc3c(F)cc(F)cc3s2)CC1. The number of rotatable bonds is 3. The fraction of sp³-hybridized carbons (Fsp3) is 0.556. The minimum Gasteiger partial charge on any atom is -0.345 e. The molecule has 2 fully saturated rings. The van der Waals surface area contributed by atoms with E-state index < -0.39 is 27.7 Å². The molecule has 29 heavy (non-hydrogen) atoms. The van der Waals surface area contributed by atoms with E-state index in [2.05, 4.69) is 4.98 Å². The van der Waals surface area contributed by atoms with Crippen molar-refractivity contribution in [1.29, 1.82) is 0 Å². The van der Waals surface area contributed by atoms with Crippen LogP contribution in [0.15, 0.2) is 12.1 Å². The van der Waals surface area contributed by atoms with Crippen LogP contribution in [0.25, 0.3) is 10.2 Å². The number of anilines is 1. The first-order chi connectivity index (χ1) is 13.7. The zero-order chi connectivity index (χ0) is 20.8. The minimum absolute atomic E-state index is 0.149. The van der Waals surface area contributed by atoms with Crippen LogP contribution in [0.5, 0.6) is 0 Å². The predicted molar refractivity (Wildman–Crippen MR) is 108 cm³/mol. The zero-order valence-corrected chi connectivity index (χ0v) is 17.6.